The smallest absolute Gasteiger partial charge is 0.478 e. The number of ether oxygens (including phenoxy) is 16. The standard InChI is InChI=1S/C27H38N4O12S.C22H35N3O8S.C17H25N3O6S.C8H18N4O3.C8H8O4S.C5H10O2/c1-38-12-3-6-22(42-27(35)43-31-25(33)9-10-26(31)34)20-44(36,37)23-7-2-5-21(19-23)24(32)8-4-13-39-15-17-41-18-16-40-14-11-29-30-28;1-30-10-3-6-20(26)18-34(28,29)21-7-2-5-19(17-21)22(27)8-4-11-31-13-15-33-16-14-32-12-9-24-25-23;1-27(22,23)16-5-2-4-15(14-16)17(21)6-3-8-24-10-12-26-13-11-25-9-7-19-20-18;9-1-3-13-5-7-15-8-6-14-4-2-11-12-10;1-13(11,12)7-4-2-3-6(5-7)8(9)10;1-7-5-3-2-4-6/h2,5,7,19,22H,3-4,6,8-18,20H2,1H3;2,5,7,17,20,26H,3-4,6,8-16,18H2,1H3;2,4-5,14H,3,6-13H2,1H3;1-9H2;2-5H,1H3,(H,9,10);4H,2-3,5H2,1H3. The van der Waals surface area contributed by atoms with E-state index < -0.39 is 87.0 Å². The molecule has 5 rings (SSSR count). The molecule has 1 aliphatic rings. The minimum Gasteiger partial charge on any atom is -0.478 e. The van der Waals surface area contributed by atoms with E-state index in [1.54, 1.807) is 32.4 Å². The normalized spacial score (nSPS) is 12.0. The molecule has 2 unspecified atom stereocenters. The summed E-state index contributed by atoms with van der Waals surface area (Å²) in [5.74, 6) is -4.10. The molecule has 1 heterocycles. The number of carbonyl (C=O) groups is 8. The number of hydroxylamine groups is 2. The molecule has 0 saturated carbocycles. The first kappa shape index (κ1) is 130. The molecule has 140 heavy (non-hydrogen) atoms. The molecule has 1 fully saturated rings. The summed E-state index contributed by atoms with van der Waals surface area (Å²) < 4.78 is 180. The summed E-state index contributed by atoms with van der Waals surface area (Å²) in [6.07, 6.45) is 4.21. The number of methoxy groups -OCH3 is 3. The minimum atomic E-state index is -4.04. The van der Waals surface area contributed by atoms with Crippen LogP contribution in [0.5, 0.6) is 0 Å². The Kier molecular flexibility index (Phi) is 78.3. The molecule has 4 aromatic carbocycles. The number of imide groups is 1. The van der Waals surface area contributed by atoms with Gasteiger partial charge < -0.3 is 96.5 Å². The number of benzene rings is 4. The average molecular weight is 2060 g/mol. The Bertz CT molecular complexity index is 4840. The number of aliphatic hydroxyl groups excluding tert-OH is 1. The zero-order valence-electron chi connectivity index (χ0n) is 79.8. The van der Waals surface area contributed by atoms with Crippen LogP contribution < -0.4 is 5.73 Å². The fourth-order valence-corrected chi connectivity index (χ4v) is 15.1. The number of carboxylic acid groups (broad SMARTS) is 1. The number of unbranched alkanes of at least 4 members (excludes halogenated alkanes) is 1. The highest BCUT2D eigenvalue weighted by Gasteiger charge is 2.35. The third kappa shape index (κ3) is 69.6. The number of sulfone groups is 4. The van der Waals surface area contributed by atoms with Crippen LogP contribution in [0, 0.1) is 0 Å². The summed E-state index contributed by atoms with van der Waals surface area (Å²) >= 11 is 0. The van der Waals surface area contributed by atoms with Crippen molar-refractivity contribution >= 4 is 86.9 Å². The Morgan fingerprint density at radius 1 is 0.407 bits per heavy atom. The van der Waals surface area contributed by atoms with Gasteiger partial charge in [0, 0.05) is 181 Å². The van der Waals surface area contributed by atoms with Gasteiger partial charge in [-0.15, -0.1) is 0 Å². The summed E-state index contributed by atoms with van der Waals surface area (Å²) in [6, 6.07) is 22.8. The van der Waals surface area contributed by atoms with Crippen molar-refractivity contribution in [3.8, 4) is 0 Å². The number of nitrogens with two attached hydrogens (primary N) is 1. The molecular weight excluding hydrogens is 1930 g/mol. The molecule has 0 bridgehead atoms. The van der Waals surface area contributed by atoms with E-state index in [-0.39, 0.29) is 106 Å². The number of azide groups is 4. The molecule has 4 aromatic rings. The van der Waals surface area contributed by atoms with E-state index in [1.165, 1.54) is 79.9 Å². The second-order valence-electron chi connectivity index (χ2n) is 28.9. The Balaban J connectivity index is 0.00000179. The van der Waals surface area contributed by atoms with Crippen LogP contribution in [0.2, 0.25) is 0 Å². The number of amides is 2. The van der Waals surface area contributed by atoms with Crippen molar-refractivity contribution in [2.75, 3.05) is 256 Å². The van der Waals surface area contributed by atoms with Gasteiger partial charge in [0.1, 0.15) is 12.4 Å². The maximum atomic E-state index is 13.2. The van der Waals surface area contributed by atoms with Gasteiger partial charge in [0.2, 0.25) is 0 Å². The van der Waals surface area contributed by atoms with Gasteiger partial charge in [0.05, 0.1) is 181 Å². The fourth-order valence-electron chi connectivity index (χ4n) is 10.8. The largest absolute Gasteiger partial charge is 0.534 e. The first-order valence-corrected chi connectivity index (χ1v) is 51.4. The van der Waals surface area contributed by atoms with E-state index in [0.29, 0.717) is 253 Å². The number of hydrogen-bond acceptors (Lipinski definition) is 39. The van der Waals surface area contributed by atoms with E-state index >= 15 is 0 Å². The molecule has 2 atom stereocenters. The summed E-state index contributed by atoms with van der Waals surface area (Å²) in [4.78, 5) is 108. The average Bonchev–Trinajstić information content (AvgIpc) is 0.953. The highest BCUT2D eigenvalue weighted by molar-refractivity contribution is 7.92. The highest BCUT2D eigenvalue weighted by atomic mass is 32.2. The number of carbonyl (C=O) groups excluding carboxylic acids is 7. The quantitative estimate of drug-likeness (QED) is 0.00541. The number of aliphatic hydroxyl groups is 1. The van der Waals surface area contributed by atoms with Gasteiger partial charge in [0.25, 0.3) is 11.8 Å². The molecule has 1 aliphatic heterocycles. The first-order valence-electron chi connectivity index (χ1n) is 44.4. The molecular formula is C87H134N14O35S4. The lowest BCUT2D eigenvalue weighted by Gasteiger charge is -2.19. The number of hydrogen-bond donors (Lipinski definition) is 3. The second kappa shape index (κ2) is 84.5. The molecule has 786 valence electrons. The second-order valence-corrected chi connectivity index (χ2v) is 37.0. The number of Topliss-reactive ketones (excluding diaryl/α,β-unsaturated/α-hetero) is 3. The van der Waals surface area contributed by atoms with Gasteiger partial charge in [-0.3, -0.25) is 28.8 Å². The molecule has 0 aliphatic carbocycles. The number of rotatable bonds is 76. The van der Waals surface area contributed by atoms with Crippen molar-refractivity contribution in [3.63, 3.8) is 0 Å². The number of aldehydes is 1. The van der Waals surface area contributed by atoms with Crippen LogP contribution in [0.4, 0.5) is 4.79 Å². The monoisotopic (exact) mass is 2060 g/mol. The SMILES string of the molecule is COCCCC(CS(=O)(=O)c1cccc(C(=O)CCCOCCOCCOCCN=[N+]=[N-])c1)OC(=O)ON1C(=O)CCC1=O.COCCCC(O)CS(=O)(=O)c1cccc(C(=O)CCCOCCOCCOCCN=[N+]=[N-])c1.COCCCC=O.CS(=O)(=O)c1cccc(C(=O)CCCOCCOCCOCCN=[N+]=[N-])c1.CS(=O)(=O)c1cccc(C(=O)O)c1.[N-]=[N+]=NCCOCCOCCOCCN. The molecule has 0 spiro atoms. The van der Waals surface area contributed by atoms with E-state index in [9.17, 15) is 77.1 Å². The first-order chi connectivity index (χ1) is 67.3. The summed E-state index contributed by atoms with van der Waals surface area (Å²) in [5.41, 5.74) is 38.5. The van der Waals surface area contributed by atoms with Crippen LogP contribution in [0.1, 0.15) is 131 Å². The molecule has 0 aromatic heterocycles. The predicted octanol–water partition coefficient (Wildman–Crippen LogP) is 9.49. The van der Waals surface area contributed by atoms with Gasteiger partial charge in [0.15, 0.2) is 56.7 Å². The van der Waals surface area contributed by atoms with Crippen molar-refractivity contribution in [2.24, 2.45) is 26.2 Å². The Morgan fingerprint density at radius 2 is 0.700 bits per heavy atom. The molecule has 53 heteroatoms. The van der Waals surface area contributed by atoms with Crippen LogP contribution in [-0.4, -0.2) is 365 Å². The Labute approximate surface area is 816 Å². The number of nitrogens with zero attached hydrogens (tertiary/aromatic N) is 13. The van der Waals surface area contributed by atoms with E-state index in [4.69, 9.17) is 109 Å². The number of carboxylic acids is 1. The van der Waals surface area contributed by atoms with Crippen LogP contribution in [0.25, 0.3) is 41.8 Å². The summed E-state index contributed by atoms with van der Waals surface area (Å²) in [5, 5.41) is 32.2. The number of aromatic carboxylic acids is 1. The van der Waals surface area contributed by atoms with E-state index in [0.717, 1.165) is 31.3 Å². The zero-order valence-corrected chi connectivity index (χ0v) is 83.1. The molecule has 4 N–H and O–H groups in total. The lowest BCUT2D eigenvalue weighted by atomic mass is 10.1. The summed E-state index contributed by atoms with van der Waals surface area (Å²) in [7, 11) is -9.75. The molecule has 49 nitrogen and oxygen atoms in total. The number of ketones is 3. The Morgan fingerprint density at radius 3 is 1.02 bits per heavy atom. The molecule has 2 amide bonds. The van der Waals surface area contributed by atoms with Crippen LogP contribution >= 0.6 is 0 Å². The van der Waals surface area contributed by atoms with Crippen LogP contribution in [-0.2, 0) is 134 Å². The Hall–Kier alpha value is -10.2. The zero-order chi connectivity index (χ0) is 104. The van der Waals surface area contributed by atoms with Crippen molar-refractivity contribution in [1.29, 1.82) is 0 Å². The predicted molar refractivity (Wildman–Crippen MR) is 507 cm³/mol. The van der Waals surface area contributed by atoms with Gasteiger partial charge in [-0.2, -0.15) is 0 Å². The van der Waals surface area contributed by atoms with Crippen molar-refractivity contribution in [1.82, 2.24) is 5.06 Å². The van der Waals surface area contributed by atoms with E-state index in [2.05, 4.69) is 44.8 Å². The third-order valence-electron chi connectivity index (χ3n) is 17.7. The van der Waals surface area contributed by atoms with Crippen LogP contribution in [0.3, 0.4) is 0 Å². The van der Waals surface area contributed by atoms with Gasteiger partial charge >= 0.3 is 12.1 Å². The minimum absolute atomic E-state index is 0.0207. The van der Waals surface area contributed by atoms with Crippen molar-refractivity contribution in [2.45, 2.75) is 122 Å². The van der Waals surface area contributed by atoms with E-state index in [1.807, 2.05) is 0 Å². The third-order valence-corrected chi connectivity index (χ3v) is 23.5. The fraction of sp³-hybridized carbons (Fsp3) is 0.632. The maximum absolute atomic E-state index is 13.2. The van der Waals surface area contributed by atoms with Gasteiger partial charge in [-0.25, -0.2) is 43.3 Å². The van der Waals surface area contributed by atoms with Gasteiger partial charge in [-0.1, -0.05) is 68.0 Å². The molecule has 0 radical (unpaired) electrons. The lowest BCUT2D eigenvalue weighted by molar-refractivity contribution is -0.178. The highest BCUT2D eigenvalue weighted by Crippen LogP contribution is 2.23. The van der Waals surface area contributed by atoms with Gasteiger partial charge in [-0.05, 0) is 128 Å². The maximum Gasteiger partial charge on any atom is 0.534 e. The summed E-state index contributed by atoms with van der Waals surface area (Å²) in [6.45, 7) is 13.0. The van der Waals surface area contributed by atoms with Crippen molar-refractivity contribution < 1.29 is 163 Å². The lowest BCUT2D eigenvalue weighted by Crippen LogP contribution is -2.35. The van der Waals surface area contributed by atoms with Crippen molar-refractivity contribution in [3.05, 3.63) is 161 Å². The molecule has 1 saturated heterocycles. The van der Waals surface area contributed by atoms with Crippen LogP contribution in [0.15, 0.2) is 137 Å². The topological polar surface area (TPSA) is 695 Å².